The van der Waals surface area contributed by atoms with E-state index in [1.54, 1.807) is 11.0 Å². The number of nitrogens with zero attached hydrogens (tertiary/aromatic N) is 1. The monoisotopic (exact) mass is 316 g/mol. The van der Waals surface area contributed by atoms with Gasteiger partial charge in [-0.05, 0) is 36.1 Å². The molecule has 1 aromatic rings. The number of hydrogen-bond donors (Lipinski definition) is 1. The van der Waals surface area contributed by atoms with Gasteiger partial charge in [0.1, 0.15) is 5.82 Å². The third-order valence-corrected chi connectivity index (χ3v) is 3.57. The fraction of sp³-hybridized carbons (Fsp3) is 0.400. The number of benzene rings is 1. The Balaban J connectivity index is 1.98. The van der Waals surface area contributed by atoms with Gasteiger partial charge in [0, 0.05) is 19.6 Å². The average Bonchev–Trinajstić information content (AvgIpc) is 2.92. The number of carbonyl (C=O) groups is 1. The van der Waals surface area contributed by atoms with Crippen molar-refractivity contribution < 1.29 is 22.4 Å². The maximum atomic E-state index is 13.2. The molecule has 2 rings (SSSR count). The molecule has 1 aliphatic rings. The van der Waals surface area contributed by atoms with Crippen LogP contribution in [0.3, 0.4) is 0 Å². The summed E-state index contributed by atoms with van der Waals surface area (Å²) in [4.78, 5) is 13.5. The number of hydrogen-bond acceptors (Lipinski definition) is 1. The van der Waals surface area contributed by atoms with Crippen LogP contribution in [0.2, 0.25) is 0 Å². The van der Waals surface area contributed by atoms with E-state index in [1.165, 1.54) is 0 Å². The van der Waals surface area contributed by atoms with Gasteiger partial charge in [0.2, 0.25) is 0 Å². The van der Waals surface area contributed by atoms with Crippen molar-refractivity contribution in [3.05, 3.63) is 47.8 Å². The molecule has 1 heterocycles. The fourth-order valence-corrected chi connectivity index (χ4v) is 2.37. The van der Waals surface area contributed by atoms with Gasteiger partial charge in [0.25, 0.3) is 0 Å². The van der Waals surface area contributed by atoms with Crippen molar-refractivity contribution in [2.75, 3.05) is 13.1 Å². The van der Waals surface area contributed by atoms with E-state index >= 15 is 0 Å². The fourth-order valence-electron chi connectivity index (χ4n) is 2.37. The molecule has 1 N–H and O–H groups in total. The summed E-state index contributed by atoms with van der Waals surface area (Å²) in [6.45, 7) is 4.61. The highest BCUT2D eigenvalue weighted by Crippen LogP contribution is 2.30. The number of amides is 2. The van der Waals surface area contributed by atoms with E-state index in [4.69, 9.17) is 0 Å². The predicted molar refractivity (Wildman–Crippen MR) is 73.5 cm³/mol. The normalized spacial score (nSPS) is 18.4. The molecule has 0 spiro atoms. The molecular weight excluding hydrogens is 300 g/mol. The quantitative estimate of drug-likeness (QED) is 0.671. The Hall–Kier alpha value is -2.05. The minimum atomic E-state index is -4.62. The van der Waals surface area contributed by atoms with Gasteiger partial charge in [-0.15, -0.1) is 6.58 Å². The summed E-state index contributed by atoms with van der Waals surface area (Å²) in [6.07, 6.45) is -2.03. The summed E-state index contributed by atoms with van der Waals surface area (Å²) in [5.41, 5.74) is -0.996. The second-order valence-corrected chi connectivity index (χ2v) is 5.24. The summed E-state index contributed by atoms with van der Waals surface area (Å²) in [7, 11) is 0. The molecule has 1 saturated heterocycles. The summed E-state index contributed by atoms with van der Waals surface area (Å²) < 4.78 is 51.1. The largest absolute Gasteiger partial charge is 0.416 e. The lowest BCUT2D eigenvalue weighted by molar-refractivity contribution is -0.137. The molecule has 0 aromatic heterocycles. The molecule has 1 atom stereocenters. The summed E-state index contributed by atoms with van der Waals surface area (Å²) in [5, 5.41) is 2.51. The van der Waals surface area contributed by atoms with Crippen LogP contribution < -0.4 is 5.32 Å². The highest BCUT2D eigenvalue weighted by Gasteiger charge is 2.31. The van der Waals surface area contributed by atoms with Gasteiger partial charge in [-0.3, -0.25) is 0 Å². The zero-order valence-electron chi connectivity index (χ0n) is 11.8. The summed E-state index contributed by atoms with van der Waals surface area (Å²) in [5.74, 6) is -0.747. The lowest BCUT2D eigenvalue weighted by atomic mass is 10.1. The molecule has 2 amide bonds. The SMILES string of the molecule is C=CC1CCN(C(=O)NCc2cc(F)cc(C(F)(F)F)c2)C1. The first-order valence-corrected chi connectivity index (χ1v) is 6.81. The topological polar surface area (TPSA) is 32.3 Å². The van der Waals surface area contributed by atoms with Crippen molar-refractivity contribution in [2.24, 2.45) is 5.92 Å². The first-order chi connectivity index (χ1) is 10.3. The number of carbonyl (C=O) groups excluding carboxylic acids is 1. The van der Waals surface area contributed by atoms with Crippen LogP contribution >= 0.6 is 0 Å². The van der Waals surface area contributed by atoms with Gasteiger partial charge < -0.3 is 10.2 Å². The molecule has 120 valence electrons. The molecule has 1 aliphatic heterocycles. The minimum absolute atomic E-state index is 0.0696. The molecule has 3 nitrogen and oxygen atoms in total. The molecule has 1 unspecified atom stereocenters. The second-order valence-electron chi connectivity index (χ2n) is 5.24. The lowest BCUT2D eigenvalue weighted by Gasteiger charge is -2.17. The Morgan fingerprint density at radius 1 is 1.41 bits per heavy atom. The number of nitrogens with one attached hydrogen (secondary N) is 1. The third-order valence-electron chi connectivity index (χ3n) is 3.57. The van der Waals surface area contributed by atoms with Crippen molar-refractivity contribution in [1.29, 1.82) is 0 Å². The van der Waals surface area contributed by atoms with Gasteiger partial charge in [-0.1, -0.05) is 6.08 Å². The Labute approximate surface area is 125 Å². The van der Waals surface area contributed by atoms with Gasteiger partial charge in [-0.2, -0.15) is 13.2 Å². The van der Waals surface area contributed by atoms with Gasteiger partial charge >= 0.3 is 12.2 Å². The van der Waals surface area contributed by atoms with Crippen molar-refractivity contribution in [3.63, 3.8) is 0 Å². The molecule has 1 fully saturated rings. The molecule has 0 aliphatic carbocycles. The highest BCUT2D eigenvalue weighted by atomic mass is 19.4. The van der Waals surface area contributed by atoms with Gasteiger partial charge in [-0.25, -0.2) is 9.18 Å². The van der Waals surface area contributed by atoms with Crippen molar-refractivity contribution in [2.45, 2.75) is 19.1 Å². The zero-order valence-corrected chi connectivity index (χ0v) is 11.8. The Kier molecular flexibility index (Phi) is 4.73. The number of rotatable bonds is 3. The Morgan fingerprint density at radius 2 is 2.14 bits per heavy atom. The highest BCUT2D eigenvalue weighted by molar-refractivity contribution is 5.74. The van der Waals surface area contributed by atoms with Gasteiger partial charge in [0.15, 0.2) is 0 Å². The van der Waals surface area contributed by atoms with Gasteiger partial charge in [0.05, 0.1) is 5.56 Å². The predicted octanol–water partition coefficient (Wildman–Crippen LogP) is 3.56. The van der Waals surface area contributed by atoms with Crippen molar-refractivity contribution in [1.82, 2.24) is 10.2 Å². The van der Waals surface area contributed by atoms with Crippen LogP contribution in [0.5, 0.6) is 0 Å². The van der Waals surface area contributed by atoms with Crippen molar-refractivity contribution >= 4 is 6.03 Å². The molecular formula is C15H16F4N2O. The zero-order chi connectivity index (χ0) is 16.3. The molecule has 7 heteroatoms. The number of alkyl halides is 3. The molecule has 22 heavy (non-hydrogen) atoms. The lowest BCUT2D eigenvalue weighted by Crippen LogP contribution is -2.38. The average molecular weight is 316 g/mol. The minimum Gasteiger partial charge on any atom is -0.334 e. The van der Waals surface area contributed by atoms with Crippen LogP contribution in [0, 0.1) is 11.7 Å². The van der Waals surface area contributed by atoms with E-state index in [1.807, 2.05) is 0 Å². The maximum Gasteiger partial charge on any atom is 0.416 e. The van der Waals surface area contributed by atoms with E-state index in [2.05, 4.69) is 11.9 Å². The maximum absolute atomic E-state index is 13.2. The van der Waals surface area contributed by atoms with E-state index in [0.29, 0.717) is 19.2 Å². The number of likely N-dealkylation sites (tertiary alicyclic amines) is 1. The Morgan fingerprint density at radius 3 is 2.73 bits per heavy atom. The van der Waals surface area contributed by atoms with E-state index in [-0.39, 0.29) is 24.1 Å². The first-order valence-electron chi connectivity index (χ1n) is 6.81. The molecule has 0 saturated carbocycles. The van der Waals surface area contributed by atoms with Crippen LogP contribution in [0.15, 0.2) is 30.9 Å². The van der Waals surface area contributed by atoms with E-state index in [9.17, 15) is 22.4 Å². The standard InChI is InChI=1S/C15H16F4N2O/c1-2-10-3-4-21(9-10)14(22)20-8-11-5-12(15(17,18)19)7-13(16)6-11/h2,5-7,10H,1,3-4,8-9H2,(H,20,22). The smallest absolute Gasteiger partial charge is 0.334 e. The first kappa shape index (κ1) is 16.3. The van der Waals surface area contributed by atoms with E-state index < -0.39 is 17.6 Å². The van der Waals surface area contributed by atoms with Crippen LogP contribution in [-0.2, 0) is 12.7 Å². The summed E-state index contributed by atoms with van der Waals surface area (Å²) in [6, 6.07) is 1.87. The molecule has 0 radical (unpaired) electrons. The van der Waals surface area contributed by atoms with E-state index in [0.717, 1.165) is 18.6 Å². The van der Waals surface area contributed by atoms with Crippen LogP contribution in [0.4, 0.5) is 22.4 Å². The second kappa shape index (κ2) is 6.37. The molecule has 1 aromatic carbocycles. The van der Waals surface area contributed by atoms with Crippen LogP contribution in [0.25, 0.3) is 0 Å². The summed E-state index contributed by atoms with van der Waals surface area (Å²) >= 11 is 0. The number of halogens is 4. The third kappa shape index (κ3) is 3.99. The Bertz CT molecular complexity index is 571. The number of urea groups is 1. The van der Waals surface area contributed by atoms with Crippen LogP contribution in [0.1, 0.15) is 17.5 Å². The van der Waals surface area contributed by atoms with Crippen LogP contribution in [-0.4, -0.2) is 24.0 Å². The van der Waals surface area contributed by atoms with Crippen molar-refractivity contribution in [3.8, 4) is 0 Å². The molecule has 0 bridgehead atoms.